The lowest BCUT2D eigenvalue weighted by Crippen LogP contribution is -2.57. The van der Waals surface area contributed by atoms with Gasteiger partial charge in [-0.3, -0.25) is 19.2 Å². The number of hydrogen-bond donors (Lipinski definition) is 3. The number of piperazine rings is 1. The van der Waals surface area contributed by atoms with Crippen molar-refractivity contribution in [3.8, 4) is 21.8 Å². The number of aliphatic hydroxyl groups is 1. The Morgan fingerprint density at radius 3 is 2.42 bits per heavy atom. The summed E-state index contributed by atoms with van der Waals surface area (Å²) >= 11 is 1.58. The van der Waals surface area contributed by atoms with Gasteiger partial charge in [-0.1, -0.05) is 69.7 Å². The number of thiazole rings is 1. The fourth-order valence-electron chi connectivity index (χ4n) is 10.1. The van der Waals surface area contributed by atoms with Crippen LogP contribution in [0, 0.1) is 18.2 Å². The van der Waals surface area contributed by atoms with Crippen LogP contribution in [0.1, 0.15) is 95.0 Å². The van der Waals surface area contributed by atoms with Crippen LogP contribution >= 0.6 is 11.3 Å². The number of fused-ring (bicyclic) bond motifs is 1. The normalized spacial score (nSPS) is 18.7. The number of benzene rings is 2. The van der Waals surface area contributed by atoms with Gasteiger partial charge in [0.2, 0.25) is 23.6 Å². The quantitative estimate of drug-likeness (QED) is 0.0841. The molecule has 3 fully saturated rings. The molecule has 3 aliphatic rings. The van der Waals surface area contributed by atoms with Gasteiger partial charge in [0.15, 0.2) is 5.65 Å². The van der Waals surface area contributed by atoms with E-state index in [-0.39, 0.29) is 55.5 Å². The van der Waals surface area contributed by atoms with Crippen LogP contribution in [-0.4, -0.2) is 121 Å². The first kappa shape index (κ1) is 50.2. The van der Waals surface area contributed by atoms with Gasteiger partial charge in [0.25, 0.3) is 0 Å². The molecular weight excluding hydrogens is 934 g/mol. The Bertz CT molecular complexity index is 2890. The summed E-state index contributed by atoms with van der Waals surface area (Å²) in [7, 11) is 0. The Hall–Kier alpha value is -6.79. The number of amides is 4. The third kappa shape index (κ3) is 11.4. The summed E-state index contributed by atoms with van der Waals surface area (Å²) < 4.78 is 16.0. The minimum Gasteiger partial charge on any atom is -0.391 e. The van der Waals surface area contributed by atoms with E-state index in [1.54, 1.807) is 29.7 Å². The van der Waals surface area contributed by atoms with Crippen LogP contribution in [-0.2, 0) is 25.7 Å². The summed E-state index contributed by atoms with van der Waals surface area (Å²) in [6.07, 6.45) is 5.35. The van der Waals surface area contributed by atoms with Gasteiger partial charge in [-0.15, -0.1) is 16.4 Å². The maximum atomic E-state index is 14.2. The zero-order chi connectivity index (χ0) is 50.5. The van der Waals surface area contributed by atoms with Crippen molar-refractivity contribution in [1.82, 2.24) is 45.0 Å². The topological polar surface area (TPSA) is 182 Å². The number of imidazole rings is 1. The first-order valence-corrected chi connectivity index (χ1v) is 26.0. The largest absolute Gasteiger partial charge is 0.391 e. The fraction of sp³-hybridized carbons (Fsp3) is 0.444. The Labute approximate surface area is 423 Å². The molecule has 4 aromatic heterocycles. The number of pyridine rings is 1. The highest BCUT2D eigenvalue weighted by molar-refractivity contribution is 7.13. The number of anilines is 2. The maximum Gasteiger partial charge on any atom is 0.246 e. The summed E-state index contributed by atoms with van der Waals surface area (Å²) in [4.78, 5) is 77.0. The predicted octanol–water partition coefficient (Wildman–Crippen LogP) is 7.11. The minimum atomic E-state index is -0.911. The van der Waals surface area contributed by atoms with Crippen LogP contribution in [0.25, 0.3) is 27.5 Å². The number of carbonyl (C=O) groups excluding carboxylic acids is 4. The number of unbranched alkanes of at least 4 members (excludes halogenated alkanes) is 2. The highest BCUT2D eigenvalue weighted by atomic mass is 32.1. The van der Waals surface area contributed by atoms with Crippen LogP contribution in [0.4, 0.5) is 16.0 Å². The monoisotopic (exact) mass is 997 g/mol. The second kappa shape index (κ2) is 21.9. The van der Waals surface area contributed by atoms with E-state index < -0.39 is 29.5 Å². The SMILES string of the molecule is Cc1ncsc1-c1ccc(CNC(=O)[C@@H]2C[C@@H](O)CN2C(=O)[C@@H](NC(=O)CCCCCC(=O)N2CCN(c3cccc(-c4cnc5ccc(N6CCC[C@@H]6c6cccc(F)c6)nn45)n3)CC2)C(C)(C)C)cc1. The van der Waals surface area contributed by atoms with Gasteiger partial charge in [0.05, 0.1) is 40.1 Å². The van der Waals surface area contributed by atoms with E-state index in [4.69, 9.17) is 10.1 Å². The van der Waals surface area contributed by atoms with Crippen LogP contribution in [0.3, 0.4) is 0 Å². The number of nitrogens with one attached hydrogen (secondary N) is 2. The van der Waals surface area contributed by atoms with Crippen molar-refractivity contribution < 1.29 is 28.7 Å². The van der Waals surface area contributed by atoms with Crippen molar-refractivity contribution >= 4 is 52.2 Å². The third-order valence-electron chi connectivity index (χ3n) is 14.1. The van der Waals surface area contributed by atoms with Gasteiger partial charge in [0, 0.05) is 65.1 Å². The second-order valence-corrected chi connectivity index (χ2v) is 21.1. The highest BCUT2D eigenvalue weighted by Gasteiger charge is 2.44. The van der Waals surface area contributed by atoms with Crippen LogP contribution in [0.15, 0.2) is 90.6 Å². The van der Waals surface area contributed by atoms with Gasteiger partial charge >= 0.3 is 0 Å². The van der Waals surface area contributed by atoms with Crippen molar-refractivity contribution in [2.45, 2.75) is 110 Å². The molecule has 3 N–H and O–H groups in total. The van der Waals surface area contributed by atoms with Crippen molar-refractivity contribution in [2.24, 2.45) is 5.41 Å². The molecule has 0 spiro atoms. The zero-order valence-electron chi connectivity index (χ0n) is 41.5. The molecule has 9 rings (SSSR count). The number of rotatable bonds is 16. The number of halogens is 1. The van der Waals surface area contributed by atoms with Crippen LogP contribution < -0.4 is 20.4 Å². The Morgan fingerprint density at radius 2 is 1.67 bits per heavy atom. The van der Waals surface area contributed by atoms with Gasteiger partial charge in [0.1, 0.15) is 35.2 Å². The Morgan fingerprint density at radius 1 is 0.889 bits per heavy atom. The molecule has 3 aliphatic heterocycles. The van der Waals surface area contributed by atoms with Crippen molar-refractivity contribution in [2.75, 3.05) is 49.1 Å². The lowest BCUT2D eigenvalue weighted by atomic mass is 9.85. The predicted molar refractivity (Wildman–Crippen MR) is 275 cm³/mol. The molecule has 72 heavy (non-hydrogen) atoms. The number of carbonyl (C=O) groups is 4. The van der Waals surface area contributed by atoms with E-state index in [0.29, 0.717) is 57.5 Å². The lowest BCUT2D eigenvalue weighted by Gasteiger charge is -2.35. The number of aliphatic hydroxyl groups excluding tert-OH is 1. The van der Waals surface area contributed by atoms with Crippen molar-refractivity contribution in [3.05, 3.63) is 113 Å². The van der Waals surface area contributed by atoms with Gasteiger partial charge < -0.3 is 35.3 Å². The first-order chi connectivity index (χ1) is 34.7. The molecular formula is C54H64FN11O5S. The number of likely N-dealkylation sites (tertiary alicyclic amines) is 1. The van der Waals surface area contributed by atoms with Crippen LogP contribution in [0.2, 0.25) is 0 Å². The third-order valence-corrected chi connectivity index (χ3v) is 15.1. The smallest absolute Gasteiger partial charge is 0.246 e. The first-order valence-electron chi connectivity index (χ1n) is 25.1. The van der Waals surface area contributed by atoms with E-state index in [1.807, 2.05) is 103 Å². The van der Waals surface area contributed by atoms with E-state index in [1.165, 1.54) is 11.0 Å². The molecule has 4 atom stereocenters. The van der Waals surface area contributed by atoms with Gasteiger partial charge in [-0.05, 0) is 91.1 Å². The number of aryl methyl sites for hydroxylation is 1. The second-order valence-electron chi connectivity index (χ2n) is 20.3. The summed E-state index contributed by atoms with van der Waals surface area (Å²) in [6, 6.07) is 22.8. The molecule has 18 heteroatoms. The number of β-amino-alcohol motifs (C(OH)–C–C–N with tert-alkyl or cyclic N) is 1. The molecule has 6 aromatic rings. The average molecular weight is 998 g/mol. The molecule has 0 unspecified atom stereocenters. The maximum absolute atomic E-state index is 14.2. The lowest BCUT2D eigenvalue weighted by molar-refractivity contribution is -0.144. The standard InChI is InChI=1S/C54H64FN11O5S/c1-35-50(72-34-58-35)37-20-18-36(19-21-37)31-57-52(70)43-30-40(67)33-65(43)53(71)51(54(2,3)4)60-48(68)16-6-5-7-17-49(69)63-27-25-62(26-28-63)46-15-9-13-41(59-46)44-32-56-45-22-23-47(61-66(44)45)64-24-10-14-42(64)38-11-8-12-39(55)29-38/h8-9,11-13,15,18-23,29,32,34,40,42-43,51,67H,5-7,10,14,16-17,24-28,30-31,33H2,1-4H3,(H,57,70)(H,60,68)/t40-,42-,43+,51-/m1/s1. The van der Waals surface area contributed by atoms with Crippen molar-refractivity contribution in [3.63, 3.8) is 0 Å². The number of hydrogen-bond acceptors (Lipinski definition) is 12. The van der Waals surface area contributed by atoms with Crippen molar-refractivity contribution in [1.29, 1.82) is 0 Å². The van der Waals surface area contributed by atoms with Gasteiger partial charge in [-0.25, -0.2) is 23.9 Å². The fourth-order valence-corrected chi connectivity index (χ4v) is 10.9. The van der Waals surface area contributed by atoms with Gasteiger partial charge in [-0.2, -0.15) is 0 Å². The molecule has 2 aromatic carbocycles. The molecule has 3 saturated heterocycles. The van der Waals surface area contributed by atoms with E-state index in [0.717, 1.165) is 69.7 Å². The summed E-state index contributed by atoms with van der Waals surface area (Å²) in [6.45, 7) is 11.1. The molecule has 0 bridgehead atoms. The van der Waals surface area contributed by atoms with Crippen LogP contribution in [0.5, 0.6) is 0 Å². The number of aromatic nitrogens is 5. The van der Waals surface area contributed by atoms with E-state index >= 15 is 0 Å². The average Bonchev–Trinajstić information content (AvgIpc) is 4.21. The van der Waals surface area contributed by atoms with E-state index in [2.05, 4.69) is 30.4 Å². The summed E-state index contributed by atoms with van der Waals surface area (Å²) in [5.41, 5.74) is 7.20. The molecule has 0 radical (unpaired) electrons. The molecule has 0 saturated carbocycles. The molecule has 4 amide bonds. The Kier molecular flexibility index (Phi) is 15.3. The number of nitrogens with zero attached hydrogens (tertiary/aromatic N) is 9. The summed E-state index contributed by atoms with van der Waals surface area (Å²) in [5, 5.41) is 21.5. The highest BCUT2D eigenvalue weighted by Crippen LogP contribution is 2.36. The minimum absolute atomic E-state index is 0.000486. The van der Waals surface area contributed by atoms with E-state index in [9.17, 15) is 28.7 Å². The molecule has 16 nitrogen and oxygen atoms in total. The molecule has 7 heterocycles. The Balaban J connectivity index is 0.717. The molecule has 0 aliphatic carbocycles. The zero-order valence-corrected chi connectivity index (χ0v) is 42.3. The summed E-state index contributed by atoms with van der Waals surface area (Å²) in [5.74, 6) is 0.407. The molecule has 378 valence electrons.